The van der Waals surface area contributed by atoms with Gasteiger partial charge in [0.15, 0.2) is 0 Å². The Balaban J connectivity index is 2.57. The second-order valence-electron chi connectivity index (χ2n) is 1.62. The lowest BCUT2D eigenvalue weighted by atomic mass is 10.9. The highest BCUT2D eigenvalue weighted by atomic mass is 16.2. The molecule has 0 spiro atoms. The average molecular weight is 116 g/mol. The highest BCUT2D eigenvalue weighted by Gasteiger charge is 2.19. The number of amides is 2. The van der Waals surface area contributed by atoms with Crippen molar-refractivity contribution in [3.8, 4) is 0 Å². The summed E-state index contributed by atoms with van der Waals surface area (Å²) in [5, 5.41) is 2.69. The Morgan fingerprint density at radius 2 is 1.62 bits per heavy atom. The first-order valence-corrected chi connectivity index (χ1v) is 2.24. The van der Waals surface area contributed by atoms with E-state index in [1.54, 1.807) is 14.1 Å². The van der Waals surface area contributed by atoms with Crippen molar-refractivity contribution in [3.63, 3.8) is 0 Å². The van der Waals surface area contributed by atoms with E-state index in [2.05, 4.69) is 11.1 Å². The van der Waals surface area contributed by atoms with Gasteiger partial charge in [-0.1, -0.05) is 0 Å². The molecule has 0 atom stereocenters. The molecule has 0 bridgehead atoms. The zero-order chi connectivity index (χ0) is 6.15. The summed E-state index contributed by atoms with van der Waals surface area (Å²) >= 11 is 0. The van der Waals surface area contributed by atoms with E-state index >= 15 is 0 Å². The molecular weight excluding hydrogens is 108 g/mol. The maximum Gasteiger partial charge on any atom is 0.350 e. The quantitative estimate of drug-likeness (QED) is 0.422. The Morgan fingerprint density at radius 1 is 1.25 bits per heavy atom. The molecule has 5 nitrogen and oxygen atoms in total. The molecule has 0 aliphatic carbocycles. The Kier molecular flexibility index (Phi) is 1.07. The molecule has 5 heteroatoms. The maximum atomic E-state index is 10.6. The smallest absolute Gasteiger partial charge is 0.246 e. The minimum absolute atomic E-state index is 0.0926. The Morgan fingerprint density at radius 3 is 1.75 bits per heavy atom. The lowest BCUT2D eigenvalue weighted by molar-refractivity contribution is 0.199. The van der Waals surface area contributed by atoms with Crippen molar-refractivity contribution in [1.29, 1.82) is 0 Å². The van der Waals surface area contributed by atoms with E-state index in [9.17, 15) is 4.79 Å². The van der Waals surface area contributed by atoms with Crippen LogP contribution in [0.2, 0.25) is 0 Å². The molecule has 1 aliphatic heterocycles. The first-order chi connectivity index (χ1) is 3.72. The molecule has 0 radical (unpaired) electrons. The first-order valence-electron chi connectivity index (χ1n) is 2.24. The number of carbonyl (C=O) groups is 1. The highest BCUT2D eigenvalue weighted by molar-refractivity contribution is 5.73. The second-order valence-corrected chi connectivity index (χ2v) is 1.62. The lowest BCUT2D eigenvalue weighted by Gasteiger charge is -2.03. The van der Waals surface area contributed by atoms with Gasteiger partial charge in [-0.3, -0.25) is 0 Å². The predicted molar refractivity (Wildman–Crippen MR) is 27.2 cm³/mol. The molecule has 0 aromatic carbocycles. The van der Waals surface area contributed by atoms with Crippen LogP contribution >= 0.6 is 0 Å². The van der Waals surface area contributed by atoms with Gasteiger partial charge in [0.05, 0.1) is 0 Å². The molecule has 0 unspecified atom stereocenters. The predicted octanol–water partition coefficient (Wildman–Crippen LogP) is -1.09. The molecule has 1 saturated heterocycles. The third-order valence-electron chi connectivity index (χ3n) is 0.959. The molecule has 8 heavy (non-hydrogen) atoms. The van der Waals surface area contributed by atoms with Gasteiger partial charge in [-0.15, -0.1) is 11.1 Å². The van der Waals surface area contributed by atoms with Crippen molar-refractivity contribution in [1.82, 2.24) is 21.1 Å². The van der Waals surface area contributed by atoms with Crippen LogP contribution in [0.4, 0.5) is 4.79 Å². The van der Waals surface area contributed by atoms with Gasteiger partial charge < -0.3 is 0 Å². The lowest BCUT2D eigenvalue weighted by Crippen LogP contribution is -2.35. The molecule has 1 heterocycles. The standard InChI is InChI=1S/C3H8N4O/c1-6-3(8)7(2)5-4-6/h4-5H,1-2H3. The van der Waals surface area contributed by atoms with E-state index in [1.165, 1.54) is 10.0 Å². The number of hydrogen-bond acceptors (Lipinski definition) is 3. The Bertz CT molecular complexity index is 102. The number of nitrogens with one attached hydrogen (secondary N) is 2. The largest absolute Gasteiger partial charge is 0.350 e. The summed E-state index contributed by atoms with van der Waals surface area (Å²) in [5.41, 5.74) is 5.16. The van der Waals surface area contributed by atoms with Crippen molar-refractivity contribution in [2.75, 3.05) is 14.1 Å². The molecule has 2 amide bonds. The fourth-order valence-corrected chi connectivity index (χ4v) is 0.471. The van der Waals surface area contributed by atoms with E-state index < -0.39 is 0 Å². The Labute approximate surface area is 47.2 Å². The highest BCUT2D eigenvalue weighted by Crippen LogP contribution is 1.89. The van der Waals surface area contributed by atoms with Crippen molar-refractivity contribution in [3.05, 3.63) is 0 Å². The molecule has 0 aromatic heterocycles. The summed E-state index contributed by atoms with van der Waals surface area (Å²) in [6.07, 6.45) is 0. The SMILES string of the molecule is CN1NNN(C)C1=O. The number of rotatable bonds is 0. The van der Waals surface area contributed by atoms with E-state index in [0.29, 0.717) is 0 Å². The van der Waals surface area contributed by atoms with E-state index in [0.717, 1.165) is 0 Å². The van der Waals surface area contributed by atoms with Crippen molar-refractivity contribution >= 4 is 6.03 Å². The number of nitrogens with zero attached hydrogens (tertiary/aromatic N) is 2. The van der Waals surface area contributed by atoms with Crippen molar-refractivity contribution in [2.24, 2.45) is 0 Å². The van der Waals surface area contributed by atoms with Gasteiger partial charge in [0, 0.05) is 14.1 Å². The van der Waals surface area contributed by atoms with E-state index in [-0.39, 0.29) is 6.03 Å². The van der Waals surface area contributed by atoms with Gasteiger partial charge in [-0.25, -0.2) is 14.8 Å². The van der Waals surface area contributed by atoms with Crippen LogP contribution in [0.25, 0.3) is 0 Å². The van der Waals surface area contributed by atoms with E-state index in [4.69, 9.17) is 0 Å². The monoisotopic (exact) mass is 116 g/mol. The maximum absolute atomic E-state index is 10.6. The second kappa shape index (κ2) is 1.61. The van der Waals surface area contributed by atoms with Gasteiger partial charge in [-0.2, -0.15) is 0 Å². The molecule has 1 aliphatic rings. The van der Waals surface area contributed by atoms with Gasteiger partial charge >= 0.3 is 6.03 Å². The molecule has 1 rings (SSSR count). The number of hydrogen-bond donors (Lipinski definition) is 2. The molecule has 46 valence electrons. The third kappa shape index (κ3) is 0.613. The number of hydrazine groups is 3. The van der Waals surface area contributed by atoms with E-state index in [1.807, 2.05) is 0 Å². The van der Waals surface area contributed by atoms with Crippen LogP contribution in [0.1, 0.15) is 0 Å². The third-order valence-corrected chi connectivity index (χ3v) is 0.959. The molecule has 0 aromatic rings. The molecular formula is C3H8N4O. The molecule has 2 N–H and O–H groups in total. The van der Waals surface area contributed by atoms with Gasteiger partial charge in [0.2, 0.25) is 0 Å². The van der Waals surface area contributed by atoms with Gasteiger partial charge in [0.1, 0.15) is 0 Å². The van der Waals surface area contributed by atoms with Crippen LogP contribution in [0.15, 0.2) is 0 Å². The van der Waals surface area contributed by atoms with Gasteiger partial charge in [-0.05, 0) is 0 Å². The summed E-state index contributed by atoms with van der Waals surface area (Å²) in [6, 6.07) is -0.0926. The first kappa shape index (κ1) is 5.33. The average Bonchev–Trinajstić information content (AvgIpc) is 1.98. The zero-order valence-electron chi connectivity index (χ0n) is 4.80. The van der Waals surface area contributed by atoms with Crippen molar-refractivity contribution < 1.29 is 4.79 Å². The fourth-order valence-electron chi connectivity index (χ4n) is 0.471. The molecule has 0 saturated carbocycles. The van der Waals surface area contributed by atoms with Crippen LogP contribution in [-0.2, 0) is 0 Å². The minimum atomic E-state index is -0.0926. The summed E-state index contributed by atoms with van der Waals surface area (Å²) in [4.78, 5) is 10.6. The summed E-state index contributed by atoms with van der Waals surface area (Å²) in [6.45, 7) is 0. The van der Waals surface area contributed by atoms with Gasteiger partial charge in [0.25, 0.3) is 0 Å². The van der Waals surface area contributed by atoms with Crippen LogP contribution in [0, 0.1) is 0 Å². The fraction of sp³-hybridized carbons (Fsp3) is 0.667. The topological polar surface area (TPSA) is 47.6 Å². The van der Waals surface area contributed by atoms with Crippen molar-refractivity contribution in [2.45, 2.75) is 0 Å². The Hall–Kier alpha value is -0.810. The summed E-state index contributed by atoms with van der Waals surface area (Å²) < 4.78 is 0. The number of carbonyl (C=O) groups excluding carboxylic acids is 1. The zero-order valence-corrected chi connectivity index (χ0v) is 4.80. The van der Waals surface area contributed by atoms with Crippen LogP contribution in [-0.4, -0.2) is 30.1 Å². The van der Waals surface area contributed by atoms with Crippen LogP contribution in [0.5, 0.6) is 0 Å². The van der Waals surface area contributed by atoms with Crippen LogP contribution in [0.3, 0.4) is 0 Å². The van der Waals surface area contributed by atoms with Crippen LogP contribution < -0.4 is 11.1 Å². The number of urea groups is 1. The minimum Gasteiger partial charge on any atom is -0.246 e. The summed E-state index contributed by atoms with van der Waals surface area (Å²) in [7, 11) is 3.28. The molecule has 1 fully saturated rings. The summed E-state index contributed by atoms with van der Waals surface area (Å²) in [5.74, 6) is 0. The normalized spacial score (nSPS) is 20.5.